The number of pyridine rings is 1. The predicted molar refractivity (Wildman–Crippen MR) is 113 cm³/mol. The Balaban J connectivity index is 0.00000210. The van der Waals surface area contributed by atoms with Gasteiger partial charge in [0.05, 0.1) is 23.2 Å². The molecule has 1 aliphatic heterocycles. The molecule has 2 aromatic carbocycles. The molecule has 2 heterocycles. The van der Waals surface area contributed by atoms with Crippen molar-refractivity contribution in [2.24, 2.45) is 0 Å². The molecule has 0 N–H and O–H groups in total. The molecule has 0 unspecified atom stereocenters. The van der Waals surface area contributed by atoms with Crippen LogP contribution in [0.15, 0.2) is 70.6 Å². The molecule has 3 aromatic rings. The van der Waals surface area contributed by atoms with Crippen molar-refractivity contribution in [1.29, 1.82) is 0 Å². The zero-order valence-electron chi connectivity index (χ0n) is 14.8. The van der Waals surface area contributed by atoms with E-state index in [-0.39, 0.29) is 23.5 Å². The Hall–Kier alpha value is -2.31. The van der Waals surface area contributed by atoms with Crippen LogP contribution in [0, 0.1) is 0 Å². The average Bonchev–Trinajstić information content (AvgIpc) is 2.98. The third-order valence-electron chi connectivity index (χ3n) is 4.48. The Morgan fingerprint density at radius 2 is 1.85 bits per heavy atom. The lowest BCUT2D eigenvalue weighted by Crippen LogP contribution is -2.38. The number of carboxylic acids is 1. The Morgan fingerprint density at radius 3 is 2.63 bits per heavy atom. The Morgan fingerprint density at radius 1 is 1.11 bits per heavy atom. The number of rotatable bonds is 4. The van der Waals surface area contributed by atoms with Crippen molar-refractivity contribution in [3.05, 3.63) is 71.4 Å². The van der Waals surface area contributed by atoms with Crippen molar-refractivity contribution >= 4 is 57.4 Å². The van der Waals surface area contributed by atoms with E-state index in [1.807, 2.05) is 41.3 Å². The Labute approximate surface area is 172 Å². The molecule has 6 heteroatoms. The van der Waals surface area contributed by atoms with Crippen LogP contribution in [0.5, 0.6) is 0 Å². The van der Waals surface area contributed by atoms with Gasteiger partial charge in [-0.2, -0.15) is 4.57 Å². The zero-order valence-corrected chi connectivity index (χ0v) is 17.3. The highest BCUT2D eigenvalue weighted by Crippen LogP contribution is 2.46. The molecule has 0 radical (unpaired) electrons. The number of benzene rings is 2. The van der Waals surface area contributed by atoms with Crippen LogP contribution >= 0.6 is 28.7 Å². The van der Waals surface area contributed by atoms with Crippen LogP contribution in [0.1, 0.15) is 12.6 Å². The van der Waals surface area contributed by atoms with Gasteiger partial charge in [-0.15, -0.1) is 17.0 Å². The third-order valence-corrected chi connectivity index (χ3v) is 5.60. The summed E-state index contributed by atoms with van der Waals surface area (Å²) in [6.07, 6.45) is 2.06. The molecule has 0 aliphatic carbocycles. The number of carbonyl (C=O) groups excluding carboxylic acids is 1. The molecule has 1 aliphatic rings. The van der Waals surface area contributed by atoms with Crippen molar-refractivity contribution < 1.29 is 14.5 Å². The summed E-state index contributed by atoms with van der Waals surface area (Å²) in [4.78, 5) is 14.1. The Kier molecular flexibility index (Phi) is 5.87. The first kappa shape index (κ1) is 19.5. The van der Waals surface area contributed by atoms with Crippen molar-refractivity contribution in [3.63, 3.8) is 0 Å². The van der Waals surface area contributed by atoms with Crippen LogP contribution in [0.25, 0.3) is 17.0 Å². The van der Waals surface area contributed by atoms with Crippen molar-refractivity contribution in [2.45, 2.75) is 18.4 Å². The van der Waals surface area contributed by atoms with Gasteiger partial charge in [0.25, 0.3) is 0 Å². The topological polar surface area (TPSA) is 47.2 Å². The molecule has 27 heavy (non-hydrogen) atoms. The number of hydrogen-bond donors (Lipinski definition) is 0. The SMILES string of the molecule is Br.CC[n+]1c(C=C2Sc3ccccc3N2CC(=O)[O-])ccc2ccccc21. The number of anilines is 1. The lowest BCUT2D eigenvalue weighted by Gasteiger charge is -2.20. The highest BCUT2D eigenvalue weighted by Gasteiger charge is 2.26. The molecular formula is C21H19BrN2O2S. The van der Waals surface area contributed by atoms with Gasteiger partial charge in [0, 0.05) is 28.5 Å². The van der Waals surface area contributed by atoms with Gasteiger partial charge >= 0.3 is 0 Å². The van der Waals surface area contributed by atoms with Crippen molar-refractivity contribution in [1.82, 2.24) is 0 Å². The number of fused-ring (bicyclic) bond motifs is 2. The second kappa shape index (κ2) is 8.15. The summed E-state index contributed by atoms with van der Waals surface area (Å²) < 4.78 is 2.24. The lowest BCUT2D eigenvalue weighted by atomic mass is 10.2. The number of para-hydroxylation sites is 2. The quantitative estimate of drug-likeness (QED) is 0.581. The number of halogens is 1. The van der Waals surface area contributed by atoms with E-state index >= 15 is 0 Å². The molecule has 0 fully saturated rings. The summed E-state index contributed by atoms with van der Waals surface area (Å²) in [6.45, 7) is 2.79. The molecule has 4 nitrogen and oxygen atoms in total. The molecule has 4 rings (SSSR count). The maximum atomic E-state index is 11.3. The molecule has 0 atom stereocenters. The van der Waals surface area contributed by atoms with E-state index in [9.17, 15) is 9.90 Å². The molecule has 0 saturated carbocycles. The van der Waals surface area contributed by atoms with E-state index in [4.69, 9.17) is 0 Å². The predicted octanol–water partition coefficient (Wildman–Crippen LogP) is 3.39. The second-order valence-corrected chi connectivity index (χ2v) is 7.13. The largest absolute Gasteiger partial charge is 0.548 e. The normalized spacial score (nSPS) is 14.3. The number of nitrogens with zero attached hydrogens (tertiary/aromatic N) is 2. The fraction of sp³-hybridized carbons (Fsp3) is 0.143. The maximum absolute atomic E-state index is 11.3. The fourth-order valence-electron chi connectivity index (χ4n) is 3.34. The lowest BCUT2D eigenvalue weighted by molar-refractivity contribution is -0.669. The van der Waals surface area contributed by atoms with E-state index in [0.29, 0.717) is 0 Å². The number of aryl methyl sites for hydroxylation is 1. The summed E-state index contributed by atoms with van der Waals surface area (Å²) in [6, 6.07) is 20.3. The van der Waals surface area contributed by atoms with Gasteiger partial charge in [0.1, 0.15) is 6.54 Å². The summed E-state index contributed by atoms with van der Waals surface area (Å²) >= 11 is 1.59. The summed E-state index contributed by atoms with van der Waals surface area (Å²) in [5, 5.41) is 13.3. The summed E-state index contributed by atoms with van der Waals surface area (Å²) in [5.41, 5.74) is 3.12. The van der Waals surface area contributed by atoms with E-state index in [1.54, 1.807) is 11.8 Å². The maximum Gasteiger partial charge on any atom is 0.212 e. The standard InChI is InChI=1S/C21H18N2O2S.BrH/c1-2-22-16(12-11-15-7-3-4-8-17(15)22)13-20-23(14-21(24)25)18-9-5-6-10-19(18)26-20;/h3-13H,2,14H2,1H3;1H. The number of carboxylic acid groups (broad SMARTS) is 1. The minimum Gasteiger partial charge on any atom is -0.548 e. The highest BCUT2D eigenvalue weighted by atomic mass is 79.9. The molecule has 0 saturated heterocycles. The summed E-state index contributed by atoms with van der Waals surface area (Å²) in [7, 11) is 0. The number of aliphatic carboxylic acids is 1. The summed E-state index contributed by atoms with van der Waals surface area (Å²) in [5.74, 6) is -1.09. The van der Waals surface area contributed by atoms with E-state index in [1.165, 1.54) is 5.39 Å². The van der Waals surface area contributed by atoms with Crippen LogP contribution in [-0.2, 0) is 11.3 Å². The molecular weight excluding hydrogens is 424 g/mol. The number of aromatic nitrogens is 1. The van der Waals surface area contributed by atoms with E-state index in [2.05, 4.69) is 41.8 Å². The van der Waals surface area contributed by atoms with Crippen LogP contribution in [-0.4, -0.2) is 12.5 Å². The minimum absolute atomic E-state index is 0. The first-order valence-electron chi connectivity index (χ1n) is 8.55. The van der Waals surface area contributed by atoms with Crippen molar-refractivity contribution in [2.75, 3.05) is 11.4 Å². The first-order chi connectivity index (χ1) is 12.7. The van der Waals surface area contributed by atoms with Crippen LogP contribution in [0.3, 0.4) is 0 Å². The highest BCUT2D eigenvalue weighted by molar-refractivity contribution is 8.93. The molecule has 0 bridgehead atoms. The van der Waals surface area contributed by atoms with Gasteiger partial charge in [-0.1, -0.05) is 36.0 Å². The van der Waals surface area contributed by atoms with Gasteiger partial charge in [0.15, 0.2) is 0 Å². The van der Waals surface area contributed by atoms with Gasteiger partial charge in [0.2, 0.25) is 11.2 Å². The van der Waals surface area contributed by atoms with Gasteiger partial charge in [-0.25, -0.2) is 0 Å². The zero-order chi connectivity index (χ0) is 18.1. The first-order valence-corrected chi connectivity index (χ1v) is 9.36. The van der Waals surface area contributed by atoms with Crippen LogP contribution in [0.4, 0.5) is 5.69 Å². The van der Waals surface area contributed by atoms with Crippen LogP contribution in [0.2, 0.25) is 0 Å². The van der Waals surface area contributed by atoms with Crippen molar-refractivity contribution in [3.8, 4) is 0 Å². The molecule has 0 amide bonds. The molecule has 138 valence electrons. The smallest absolute Gasteiger partial charge is 0.212 e. The van der Waals surface area contributed by atoms with Gasteiger partial charge < -0.3 is 14.8 Å². The third kappa shape index (κ3) is 3.73. The molecule has 1 aromatic heterocycles. The number of hydrogen-bond acceptors (Lipinski definition) is 4. The Bertz CT molecular complexity index is 1040. The van der Waals surface area contributed by atoms with E-state index in [0.717, 1.165) is 33.4 Å². The fourth-order valence-corrected chi connectivity index (χ4v) is 4.44. The second-order valence-electron chi connectivity index (χ2n) is 6.07. The molecule has 0 spiro atoms. The monoisotopic (exact) mass is 442 g/mol. The average molecular weight is 443 g/mol. The van der Waals surface area contributed by atoms with E-state index < -0.39 is 5.97 Å². The van der Waals surface area contributed by atoms with Gasteiger partial charge in [-0.05, 0) is 31.2 Å². The van der Waals surface area contributed by atoms with Crippen LogP contribution < -0.4 is 14.6 Å². The number of thioether (sulfide) groups is 1. The number of carbonyl (C=O) groups is 1. The minimum atomic E-state index is -1.09. The van der Waals surface area contributed by atoms with Gasteiger partial charge in [-0.3, -0.25) is 0 Å².